The minimum Gasteiger partial charge on any atom is -0.375 e. The summed E-state index contributed by atoms with van der Waals surface area (Å²) in [5.41, 5.74) is 6.00. The molecule has 1 saturated heterocycles. The minimum atomic E-state index is -3.46. The number of hydrogen-bond acceptors (Lipinski definition) is 6. The van der Waals surface area contributed by atoms with Crippen molar-refractivity contribution in [3.8, 4) is 0 Å². The van der Waals surface area contributed by atoms with E-state index >= 15 is 0 Å². The van der Waals surface area contributed by atoms with E-state index in [1.165, 1.54) is 0 Å². The molecule has 2 rings (SSSR count). The third-order valence-corrected chi connectivity index (χ3v) is 6.83. The summed E-state index contributed by atoms with van der Waals surface area (Å²) in [6.07, 6.45) is 1.96. The van der Waals surface area contributed by atoms with Crippen molar-refractivity contribution in [2.75, 3.05) is 17.2 Å². The molecule has 1 aromatic rings. The van der Waals surface area contributed by atoms with Crippen LogP contribution in [0.2, 0.25) is 0 Å². The maximum atomic E-state index is 12.1. The second kappa shape index (κ2) is 5.13. The second-order valence-electron chi connectivity index (χ2n) is 3.96. The van der Waals surface area contributed by atoms with Crippen LogP contribution in [-0.4, -0.2) is 30.9 Å². The predicted octanol–water partition coefficient (Wildman–Crippen LogP) is 1.21. The highest BCUT2D eigenvalue weighted by Gasteiger charge is 2.25. The Kier molecular flexibility index (Phi) is 3.96. The van der Waals surface area contributed by atoms with Crippen LogP contribution >= 0.6 is 23.1 Å². The Bertz CT molecular complexity index is 492. The standard InChI is InChI=1S/C9H15N3O2S3/c1-6-8(16-9(10)11-6)17(13,14)12-7-3-2-4-15-5-7/h7,12H,2-5H2,1H3,(H2,10,11). The molecule has 1 aliphatic rings. The fourth-order valence-electron chi connectivity index (χ4n) is 1.76. The van der Waals surface area contributed by atoms with Gasteiger partial charge in [-0.3, -0.25) is 0 Å². The van der Waals surface area contributed by atoms with Gasteiger partial charge < -0.3 is 5.73 Å². The number of nitrogens with one attached hydrogen (secondary N) is 1. The maximum absolute atomic E-state index is 12.1. The van der Waals surface area contributed by atoms with E-state index in [0.717, 1.165) is 35.7 Å². The van der Waals surface area contributed by atoms with Crippen LogP contribution in [0.1, 0.15) is 18.5 Å². The number of aryl methyl sites for hydroxylation is 1. The first-order valence-electron chi connectivity index (χ1n) is 5.32. The summed E-state index contributed by atoms with van der Waals surface area (Å²) in [4.78, 5) is 3.94. The largest absolute Gasteiger partial charge is 0.375 e. The van der Waals surface area contributed by atoms with Gasteiger partial charge in [-0.05, 0) is 25.5 Å². The van der Waals surface area contributed by atoms with Crippen molar-refractivity contribution in [2.45, 2.75) is 30.0 Å². The van der Waals surface area contributed by atoms with Crippen LogP contribution in [0.3, 0.4) is 0 Å². The zero-order chi connectivity index (χ0) is 12.5. The molecule has 1 atom stereocenters. The molecule has 5 nitrogen and oxygen atoms in total. The summed E-state index contributed by atoms with van der Waals surface area (Å²) in [6.45, 7) is 1.66. The monoisotopic (exact) mass is 293 g/mol. The van der Waals surface area contributed by atoms with Crippen molar-refractivity contribution >= 4 is 38.3 Å². The maximum Gasteiger partial charge on any atom is 0.252 e. The Balaban J connectivity index is 2.15. The number of anilines is 1. The minimum absolute atomic E-state index is 0.0291. The molecule has 0 saturated carbocycles. The average Bonchev–Trinajstić information content (AvgIpc) is 2.59. The smallest absolute Gasteiger partial charge is 0.252 e. The van der Waals surface area contributed by atoms with Crippen LogP contribution in [0.5, 0.6) is 0 Å². The molecule has 1 unspecified atom stereocenters. The molecule has 96 valence electrons. The third kappa shape index (κ3) is 3.12. The van der Waals surface area contributed by atoms with E-state index in [4.69, 9.17) is 5.73 Å². The summed E-state index contributed by atoms with van der Waals surface area (Å²) < 4.78 is 27.2. The Morgan fingerprint density at radius 3 is 2.82 bits per heavy atom. The van der Waals surface area contributed by atoms with Crippen molar-refractivity contribution in [3.05, 3.63) is 5.69 Å². The molecule has 0 bridgehead atoms. The molecular formula is C9H15N3O2S3. The van der Waals surface area contributed by atoms with Gasteiger partial charge in [-0.2, -0.15) is 11.8 Å². The number of nitrogens with two attached hydrogens (primary N) is 1. The van der Waals surface area contributed by atoms with Gasteiger partial charge in [0.2, 0.25) is 0 Å². The van der Waals surface area contributed by atoms with Crippen LogP contribution in [0.4, 0.5) is 5.13 Å². The molecule has 1 aromatic heterocycles. The van der Waals surface area contributed by atoms with E-state index in [0.29, 0.717) is 10.8 Å². The summed E-state index contributed by atoms with van der Waals surface area (Å²) in [6, 6.07) is 0.0291. The normalized spacial score (nSPS) is 21.6. The van der Waals surface area contributed by atoms with Crippen LogP contribution in [0, 0.1) is 6.92 Å². The van der Waals surface area contributed by atoms with E-state index in [1.54, 1.807) is 18.7 Å². The lowest BCUT2D eigenvalue weighted by atomic mass is 10.2. The van der Waals surface area contributed by atoms with Gasteiger partial charge in [0.25, 0.3) is 10.0 Å². The highest BCUT2D eigenvalue weighted by Crippen LogP contribution is 2.26. The van der Waals surface area contributed by atoms with Gasteiger partial charge in [0.05, 0.1) is 5.69 Å². The molecule has 3 N–H and O–H groups in total. The van der Waals surface area contributed by atoms with E-state index in [-0.39, 0.29) is 10.3 Å². The number of rotatable bonds is 3. The van der Waals surface area contributed by atoms with Crippen molar-refractivity contribution in [1.82, 2.24) is 9.71 Å². The highest BCUT2D eigenvalue weighted by molar-refractivity contribution is 7.99. The van der Waals surface area contributed by atoms with Gasteiger partial charge in [-0.1, -0.05) is 11.3 Å². The SMILES string of the molecule is Cc1nc(N)sc1S(=O)(=O)NC1CCCSC1. The van der Waals surface area contributed by atoms with Gasteiger partial charge in [0.15, 0.2) is 9.34 Å². The number of sulfonamides is 1. The van der Waals surface area contributed by atoms with Crippen molar-refractivity contribution < 1.29 is 8.42 Å². The Hall–Kier alpha value is -0.310. The second-order valence-corrected chi connectivity index (χ2v) is 8.05. The Morgan fingerprint density at radius 1 is 1.53 bits per heavy atom. The van der Waals surface area contributed by atoms with Gasteiger partial charge in [-0.15, -0.1) is 0 Å². The first kappa shape index (κ1) is 13.1. The summed E-state index contributed by atoms with van der Waals surface area (Å²) in [7, 11) is -3.46. The Morgan fingerprint density at radius 2 is 2.29 bits per heavy atom. The molecular weight excluding hydrogens is 278 g/mol. The zero-order valence-corrected chi connectivity index (χ0v) is 11.9. The van der Waals surface area contributed by atoms with E-state index in [9.17, 15) is 8.42 Å². The fraction of sp³-hybridized carbons (Fsp3) is 0.667. The molecule has 0 radical (unpaired) electrons. The lowest BCUT2D eigenvalue weighted by molar-refractivity contribution is 0.544. The van der Waals surface area contributed by atoms with Gasteiger partial charge in [0, 0.05) is 11.8 Å². The van der Waals surface area contributed by atoms with Crippen LogP contribution < -0.4 is 10.5 Å². The molecule has 0 aromatic carbocycles. The van der Waals surface area contributed by atoms with Crippen molar-refractivity contribution in [2.24, 2.45) is 0 Å². The number of nitrogen functional groups attached to an aromatic ring is 1. The van der Waals surface area contributed by atoms with Gasteiger partial charge in [0.1, 0.15) is 0 Å². The van der Waals surface area contributed by atoms with Crippen LogP contribution in [-0.2, 0) is 10.0 Å². The lowest BCUT2D eigenvalue weighted by Crippen LogP contribution is -2.38. The number of thiazole rings is 1. The number of hydrogen-bond donors (Lipinski definition) is 2. The molecule has 0 spiro atoms. The average molecular weight is 293 g/mol. The van der Waals surface area contributed by atoms with Crippen LogP contribution in [0.25, 0.3) is 0 Å². The topological polar surface area (TPSA) is 85.1 Å². The quantitative estimate of drug-likeness (QED) is 0.875. The van der Waals surface area contributed by atoms with Gasteiger partial charge >= 0.3 is 0 Å². The molecule has 2 heterocycles. The first-order valence-corrected chi connectivity index (χ1v) is 8.77. The molecule has 0 amide bonds. The number of aromatic nitrogens is 1. The Labute approximate surface area is 109 Å². The van der Waals surface area contributed by atoms with Crippen molar-refractivity contribution in [3.63, 3.8) is 0 Å². The number of nitrogens with zero attached hydrogens (tertiary/aromatic N) is 1. The van der Waals surface area contributed by atoms with Crippen molar-refractivity contribution in [1.29, 1.82) is 0 Å². The molecule has 8 heteroatoms. The summed E-state index contributed by atoms with van der Waals surface area (Å²) in [5.74, 6) is 1.96. The molecule has 17 heavy (non-hydrogen) atoms. The van der Waals surface area contributed by atoms with E-state index in [1.807, 2.05) is 0 Å². The molecule has 1 fully saturated rings. The summed E-state index contributed by atoms with van der Waals surface area (Å²) >= 11 is 2.80. The van der Waals surface area contributed by atoms with Gasteiger partial charge in [-0.25, -0.2) is 18.1 Å². The fourth-order valence-corrected chi connectivity index (χ4v) is 5.52. The summed E-state index contributed by atoms with van der Waals surface area (Å²) in [5, 5.41) is 0.292. The third-order valence-electron chi connectivity index (χ3n) is 2.50. The van der Waals surface area contributed by atoms with Crippen LogP contribution in [0.15, 0.2) is 4.21 Å². The lowest BCUT2D eigenvalue weighted by Gasteiger charge is -2.21. The van der Waals surface area contributed by atoms with E-state index in [2.05, 4.69) is 9.71 Å². The molecule has 0 aliphatic carbocycles. The molecule has 1 aliphatic heterocycles. The van der Waals surface area contributed by atoms with E-state index < -0.39 is 10.0 Å². The first-order chi connectivity index (χ1) is 7.99. The number of thioether (sulfide) groups is 1. The predicted molar refractivity (Wildman–Crippen MR) is 71.9 cm³/mol. The highest BCUT2D eigenvalue weighted by atomic mass is 32.2. The zero-order valence-electron chi connectivity index (χ0n) is 9.47.